The van der Waals surface area contributed by atoms with Crippen LogP contribution in [0.15, 0.2) is 0 Å². The fraction of sp³-hybridized carbons (Fsp3) is 1.00. The molecule has 0 aliphatic heterocycles. The van der Waals surface area contributed by atoms with Gasteiger partial charge in [0.15, 0.2) is 0 Å². The molecule has 1 saturated carbocycles. The van der Waals surface area contributed by atoms with Crippen molar-refractivity contribution in [3.63, 3.8) is 0 Å². The normalized spacial score (nSPS) is 22.5. The lowest BCUT2D eigenvalue weighted by molar-refractivity contribution is 0.139. The van der Waals surface area contributed by atoms with E-state index in [9.17, 15) is 5.11 Å². The van der Waals surface area contributed by atoms with E-state index >= 15 is 0 Å². The van der Waals surface area contributed by atoms with E-state index in [1.165, 1.54) is 44.9 Å². The molecule has 0 amide bonds. The molecule has 0 spiro atoms. The Morgan fingerprint density at radius 1 is 1.25 bits per heavy atom. The highest BCUT2D eigenvalue weighted by molar-refractivity contribution is 4.73. The molecular formula is C11H22O. The zero-order chi connectivity index (χ0) is 8.81. The number of rotatable bonds is 4. The summed E-state index contributed by atoms with van der Waals surface area (Å²) in [5, 5.41) is 9.21. The molecule has 1 heteroatoms. The van der Waals surface area contributed by atoms with Crippen molar-refractivity contribution >= 4 is 0 Å². The maximum absolute atomic E-state index is 9.21. The van der Waals surface area contributed by atoms with Crippen LogP contribution in [0.5, 0.6) is 0 Å². The van der Waals surface area contributed by atoms with Crippen LogP contribution in [0, 0.1) is 11.8 Å². The molecule has 1 rings (SSSR count). The van der Waals surface area contributed by atoms with E-state index in [-0.39, 0.29) is 0 Å². The summed E-state index contributed by atoms with van der Waals surface area (Å²) in [6.45, 7) is 2.63. The predicted molar refractivity (Wildman–Crippen MR) is 52.1 cm³/mol. The molecule has 1 N–H and O–H groups in total. The Morgan fingerprint density at radius 2 is 1.92 bits per heavy atom. The van der Waals surface area contributed by atoms with E-state index < -0.39 is 0 Å². The van der Waals surface area contributed by atoms with E-state index in [4.69, 9.17) is 0 Å². The standard InChI is InChI=1S/C11H22O/c1-2-6-11(9-12)10-7-4-3-5-8-10/h10-12H,2-9H2,1H3/t11-/m1/s1. The lowest BCUT2D eigenvalue weighted by atomic mass is 9.78. The third kappa shape index (κ3) is 2.78. The highest BCUT2D eigenvalue weighted by Crippen LogP contribution is 2.31. The van der Waals surface area contributed by atoms with Gasteiger partial charge in [-0.3, -0.25) is 0 Å². The summed E-state index contributed by atoms with van der Waals surface area (Å²) in [6.07, 6.45) is 9.38. The number of aliphatic hydroxyl groups is 1. The van der Waals surface area contributed by atoms with Crippen LogP contribution in [0.3, 0.4) is 0 Å². The first-order chi connectivity index (χ1) is 5.88. The average molecular weight is 170 g/mol. The second-order valence-electron chi connectivity index (χ2n) is 4.13. The summed E-state index contributed by atoms with van der Waals surface area (Å²) < 4.78 is 0. The van der Waals surface area contributed by atoms with Gasteiger partial charge in [0.2, 0.25) is 0 Å². The third-order valence-corrected chi connectivity index (χ3v) is 3.21. The third-order valence-electron chi connectivity index (χ3n) is 3.21. The van der Waals surface area contributed by atoms with Crippen LogP contribution in [0.4, 0.5) is 0 Å². The molecular weight excluding hydrogens is 148 g/mol. The van der Waals surface area contributed by atoms with Crippen LogP contribution in [0.25, 0.3) is 0 Å². The lowest BCUT2D eigenvalue weighted by Crippen LogP contribution is -2.20. The van der Waals surface area contributed by atoms with Gasteiger partial charge in [-0.25, -0.2) is 0 Å². The van der Waals surface area contributed by atoms with Crippen molar-refractivity contribution in [1.82, 2.24) is 0 Å². The summed E-state index contributed by atoms with van der Waals surface area (Å²) >= 11 is 0. The smallest absolute Gasteiger partial charge is 0.0461 e. The van der Waals surface area contributed by atoms with Gasteiger partial charge in [-0.2, -0.15) is 0 Å². The maximum Gasteiger partial charge on any atom is 0.0461 e. The van der Waals surface area contributed by atoms with Gasteiger partial charge in [-0.1, -0.05) is 45.4 Å². The van der Waals surface area contributed by atoms with Crippen LogP contribution in [-0.2, 0) is 0 Å². The van der Waals surface area contributed by atoms with Crippen molar-refractivity contribution in [2.24, 2.45) is 11.8 Å². The first-order valence-corrected chi connectivity index (χ1v) is 5.49. The van der Waals surface area contributed by atoms with Crippen LogP contribution in [0.1, 0.15) is 51.9 Å². The van der Waals surface area contributed by atoms with Crippen molar-refractivity contribution in [2.75, 3.05) is 6.61 Å². The van der Waals surface area contributed by atoms with Gasteiger partial charge in [0.05, 0.1) is 0 Å². The first-order valence-electron chi connectivity index (χ1n) is 5.49. The summed E-state index contributed by atoms with van der Waals surface area (Å²) in [7, 11) is 0. The summed E-state index contributed by atoms with van der Waals surface area (Å²) in [4.78, 5) is 0. The summed E-state index contributed by atoms with van der Waals surface area (Å²) in [5.41, 5.74) is 0. The Kier molecular flexibility index (Phi) is 4.67. The number of hydrogen-bond acceptors (Lipinski definition) is 1. The molecule has 0 heterocycles. The minimum atomic E-state index is 0.415. The molecule has 0 radical (unpaired) electrons. The molecule has 1 aliphatic rings. The number of hydrogen-bond donors (Lipinski definition) is 1. The number of aliphatic hydroxyl groups excluding tert-OH is 1. The molecule has 1 aliphatic carbocycles. The van der Waals surface area contributed by atoms with Gasteiger partial charge in [-0.05, 0) is 18.3 Å². The first kappa shape index (κ1) is 10.0. The monoisotopic (exact) mass is 170 g/mol. The zero-order valence-corrected chi connectivity index (χ0v) is 8.26. The van der Waals surface area contributed by atoms with E-state index in [2.05, 4.69) is 6.92 Å². The molecule has 0 bridgehead atoms. The average Bonchev–Trinajstić information content (AvgIpc) is 2.15. The minimum Gasteiger partial charge on any atom is -0.396 e. The quantitative estimate of drug-likeness (QED) is 0.687. The molecule has 12 heavy (non-hydrogen) atoms. The minimum absolute atomic E-state index is 0.415. The SMILES string of the molecule is CCC[C@H](CO)C1CCCCC1. The Labute approximate surface area is 76.2 Å². The molecule has 0 unspecified atom stereocenters. The molecule has 0 aromatic heterocycles. The lowest BCUT2D eigenvalue weighted by Gasteiger charge is -2.28. The predicted octanol–water partition coefficient (Wildman–Crippen LogP) is 2.98. The molecule has 1 fully saturated rings. The highest BCUT2D eigenvalue weighted by atomic mass is 16.3. The summed E-state index contributed by atoms with van der Waals surface area (Å²) in [6, 6.07) is 0. The van der Waals surface area contributed by atoms with Crippen LogP contribution in [0.2, 0.25) is 0 Å². The van der Waals surface area contributed by atoms with Crippen LogP contribution < -0.4 is 0 Å². The van der Waals surface area contributed by atoms with E-state index in [1.807, 2.05) is 0 Å². The van der Waals surface area contributed by atoms with Crippen molar-refractivity contribution < 1.29 is 5.11 Å². The van der Waals surface area contributed by atoms with Gasteiger partial charge in [-0.15, -0.1) is 0 Å². The van der Waals surface area contributed by atoms with Crippen LogP contribution in [-0.4, -0.2) is 11.7 Å². The zero-order valence-electron chi connectivity index (χ0n) is 8.26. The summed E-state index contributed by atoms with van der Waals surface area (Å²) in [5.74, 6) is 1.44. The van der Waals surface area contributed by atoms with Crippen LogP contribution >= 0.6 is 0 Å². The Balaban J connectivity index is 2.29. The van der Waals surface area contributed by atoms with Gasteiger partial charge >= 0.3 is 0 Å². The Hall–Kier alpha value is -0.0400. The highest BCUT2D eigenvalue weighted by Gasteiger charge is 2.21. The Morgan fingerprint density at radius 3 is 2.42 bits per heavy atom. The van der Waals surface area contributed by atoms with Gasteiger partial charge < -0.3 is 5.11 Å². The van der Waals surface area contributed by atoms with Gasteiger partial charge in [0.1, 0.15) is 0 Å². The van der Waals surface area contributed by atoms with Gasteiger partial charge in [0.25, 0.3) is 0 Å². The van der Waals surface area contributed by atoms with Crippen molar-refractivity contribution in [2.45, 2.75) is 51.9 Å². The second-order valence-corrected chi connectivity index (χ2v) is 4.13. The van der Waals surface area contributed by atoms with Crippen molar-refractivity contribution in [1.29, 1.82) is 0 Å². The molecule has 72 valence electrons. The van der Waals surface area contributed by atoms with Crippen molar-refractivity contribution in [3.8, 4) is 0 Å². The largest absolute Gasteiger partial charge is 0.396 e. The fourth-order valence-corrected chi connectivity index (χ4v) is 2.45. The maximum atomic E-state index is 9.21. The topological polar surface area (TPSA) is 20.2 Å². The second kappa shape index (κ2) is 5.58. The molecule has 1 nitrogen and oxygen atoms in total. The van der Waals surface area contributed by atoms with Gasteiger partial charge in [0, 0.05) is 6.61 Å². The Bertz CT molecular complexity index is 103. The van der Waals surface area contributed by atoms with E-state index in [0.717, 1.165) is 5.92 Å². The molecule has 0 aromatic rings. The molecule has 0 aromatic carbocycles. The molecule has 1 atom stereocenters. The fourth-order valence-electron chi connectivity index (χ4n) is 2.45. The van der Waals surface area contributed by atoms with E-state index in [0.29, 0.717) is 12.5 Å². The van der Waals surface area contributed by atoms with Crippen molar-refractivity contribution in [3.05, 3.63) is 0 Å². The van der Waals surface area contributed by atoms with E-state index in [1.54, 1.807) is 0 Å². The molecule has 0 saturated heterocycles.